The van der Waals surface area contributed by atoms with Crippen molar-refractivity contribution in [1.29, 1.82) is 0 Å². The zero-order chi connectivity index (χ0) is 15.6. The fourth-order valence-electron chi connectivity index (χ4n) is 1.84. The number of nitro benzene ring substituents is 1. The van der Waals surface area contributed by atoms with Crippen molar-refractivity contribution in [3.63, 3.8) is 0 Å². The topological polar surface area (TPSA) is 98.3 Å². The smallest absolute Gasteiger partial charge is 0.292 e. The maximum atomic E-state index is 13.6. The van der Waals surface area contributed by atoms with Crippen LogP contribution in [-0.4, -0.2) is 10.8 Å². The highest BCUT2D eigenvalue weighted by Crippen LogP contribution is 2.24. The number of nitrogens with two attached hydrogens (primary N) is 1. The van der Waals surface area contributed by atoms with E-state index in [1.807, 2.05) is 0 Å². The molecule has 0 saturated heterocycles. The van der Waals surface area contributed by atoms with Crippen molar-refractivity contribution in [2.45, 2.75) is 6.92 Å². The van der Waals surface area contributed by atoms with E-state index < -0.39 is 16.6 Å². The largest absolute Gasteiger partial charge is 0.393 e. The lowest BCUT2D eigenvalue weighted by Gasteiger charge is -2.09. The summed E-state index contributed by atoms with van der Waals surface area (Å²) in [4.78, 5) is 22.1. The number of nitrogen functional groups attached to an aromatic ring is 1. The number of hydrogen-bond acceptors (Lipinski definition) is 4. The zero-order valence-electron chi connectivity index (χ0n) is 11.1. The minimum Gasteiger partial charge on any atom is -0.393 e. The highest BCUT2D eigenvalue weighted by molar-refractivity contribution is 6.05. The van der Waals surface area contributed by atoms with Crippen LogP contribution < -0.4 is 11.1 Å². The summed E-state index contributed by atoms with van der Waals surface area (Å²) in [5, 5.41) is 13.1. The normalized spacial score (nSPS) is 10.2. The number of nitrogens with one attached hydrogen (secondary N) is 1. The van der Waals surface area contributed by atoms with Crippen LogP contribution in [0.2, 0.25) is 0 Å². The van der Waals surface area contributed by atoms with E-state index in [4.69, 9.17) is 5.73 Å². The molecule has 0 aliphatic carbocycles. The van der Waals surface area contributed by atoms with Crippen molar-refractivity contribution in [1.82, 2.24) is 0 Å². The summed E-state index contributed by atoms with van der Waals surface area (Å²) in [7, 11) is 0. The van der Waals surface area contributed by atoms with Gasteiger partial charge in [-0.3, -0.25) is 14.9 Å². The van der Waals surface area contributed by atoms with Crippen LogP contribution in [0.15, 0.2) is 36.4 Å². The molecular formula is C14H12FN3O3. The Labute approximate surface area is 119 Å². The van der Waals surface area contributed by atoms with Gasteiger partial charge in [-0.15, -0.1) is 0 Å². The molecule has 0 aromatic heterocycles. The number of amides is 1. The number of nitrogens with zero attached hydrogens (tertiary/aromatic N) is 1. The SMILES string of the molecule is Cc1cccc(F)c1NC(=O)c1ccc([N+](=O)[O-])c(N)c1. The second kappa shape index (κ2) is 5.58. The molecule has 2 aromatic carbocycles. The van der Waals surface area contributed by atoms with E-state index >= 15 is 0 Å². The van der Waals surface area contributed by atoms with E-state index in [0.717, 1.165) is 6.07 Å². The molecule has 6 nitrogen and oxygen atoms in total. The molecule has 0 saturated carbocycles. The van der Waals surface area contributed by atoms with Crippen LogP contribution in [0.5, 0.6) is 0 Å². The van der Waals surface area contributed by atoms with Gasteiger partial charge in [-0.2, -0.15) is 0 Å². The van der Waals surface area contributed by atoms with Crippen LogP contribution in [0.25, 0.3) is 0 Å². The number of halogens is 1. The van der Waals surface area contributed by atoms with Gasteiger partial charge in [0.25, 0.3) is 11.6 Å². The first-order chi connectivity index (χ1) is 9.90. The van der Waals surface area contributed by atoms with Gasteiger partial charge < -0.3 is 11.1 Å². The Bertz CT molecular complexity index is 711. The lowest BCUT2D eigenvalue weighted by Crippen LogP contribution is -2.14. The molecule has 21 heavy (non-hydrogen) atoms. The molecule has 0 fully saturated rings. The summed E-state index contributed by atoms with van der Waals surface area (Å²) in [6.07, 6.45) is 0. The summed E-state index contributed by atoms with van der Waals surface area (Å²) in [5.41, 5.74) is 5.86. The average Bonchev–Trinajstić information content (AvgIpc) is 2.42. The third kappa shape index (κ3) is 2.97. The van der Waals surface area contributed by atoms with E-state index in [0.29, 0.717) is 5.56 Å². The van der Waals surface area contributed by atoms with Crippen LogP contribution in [0.1, 0.15) is 15.9 Å². The Kier molecular flexibility index (Phi) is 3.84. The molecule has 0 heterocycles. The summed E-state index contributed by atoms with van der Waals surface area (Å²) in [6, 6.07) is 8.00. The van der Waals surface area contributed by atoms with Crippen LogP contribution >= 0.6 is 0 Å². The van der Waals surface area contributed by atoms with E-state index in [9.17, 15) is 19.3 Å². The van der Waals surface area contributed by atoms with Gasteiger partial charge >= 0.3 is 0 Å². The molecule has 2 aromatic rings. The van der Waals surface area contributed by atoms with Crippen molar-refractivity contribution in [2.24, 2.45) is 0 Å². The molecule has 0 atom stereocenters. The Balaban J connectivity index is 2.29. The van der Waals surface area contributed by atoms with E-state index in [-0.39, 0.29) is 22.6 Å². The number of benzene rings is 2. The molecular weight excluding hydrogens is 277 g/mol. The maximum absolute atomic E-state index is 13.6. The second-order valence-electron chi connectivity index (χ2n) is 4.42. The summed E-state index contributed by atoms with van der Waals surface area (Å²) < 4.78 is 13.6. The molecule has 3 N–H and O–H groups in total. The van der Waals surface area contributed by atoms with Gasteiger partial charge in [-0.05, 0) is 30.7 Å². The number of carbonyl (C=O) groups is 1. The fraction of sp³-hybridized carbons (Fsp3) is 0.0714. The van der Waals surface area contributed by atoms with E-state index in [2.05, 4.69) is 5.32 Å². The highest BCUT2D eigenvalue weighted by atomic mass is 19.1. The lowest BCUT2D eigenvalue weighted by molar-refractivity contribution is -0.383. The van der Waals surface area contributed by atoms with Crippen LogP contribution in [-0.2, 0) is 0 Å². The van der Waals surface area contributed by atoms with Gasteiger partial charge in [0, 0.05) is 11.6 Å². The zero-order valence-corrected chi connectivity index (χ0v) is 11.1. The molecule has 0 bridgehead atoms. The van der Waals surface area contributed by atoms with Crippen molar-refractivity contribution in [3.8, 4) is 0 Å². The van der Waals surface area contributed by atoms with Gasteiger partial charge in [-0.1, -0.05) is 12.1 Å². The van der Waals surface area contributed by atoms with Crippen molar-refractivity contribution >= 4 is 23.0 Å². The lowest BCUT2D eigenvalue weighted by atomic mass is 10.1. The second-order valence-corrected chi connectivity index (χ2v) is 4.42. The van der Waals surface area contributed by atoms with Gasteiger partial charge in [0.05, 0.1) is 10.6 Å². The fourth-order valence-corrected chi connectivity index (χ4v) is 1.84. The van der Waals surface area contributed by atoms with Gasteiger partial charge in [0.2, 0.25) is 0 Å². The molecule has 0 aliphatic rings. The highest BCUT2D eigenvalue weighted by Gasteiger charge is 2.16. The number of anilines is 2. The first-order valence-corrected chi connectivity index (χ1v) is 6.00. The molecule has 0 unspecified atom stereocenters. The molecule has 0 spiro atoms. The molecule has 7 heteroatoms. The summed E-state index contributed by atoms with van der Waals surface area (Å²) >= 11 is 0. The first kappa shape index (κ1) is 14.4. The van der Waals surface area contributed by atoms with Crippen LogP contribution in [0, 0.1) is 22.9 Å². The molecule has 2 rings (SSSR count). The van der Waals surface area contributed by atoms with Crippen molar-refractivity contribution in [3.05, 3.63) is 63.5 Å². The van der Waals surface area contributed by atoms with Crippen molar-refractivity contribution < 1.29 is 14.1 Å². The third-order valence-electron chi connectivity index (χ3n) is 2.95. The Hall–Kier alpha value is -2.96. The first-order valence-electron chi connectivity index (χ1n) is 6.00. The van der Waals surface area contributed by atoms with Crippen LogP contribution in [0.4, 0.5) is 21.5 Å². The Morgan fingerprint density at radius 1 is 1.33 bits per heavy atom. The van der Waals surface area contributed by atoms with Gasteiger partial charge in [0.1, 0.15) is 11.5 Å². The van der Waals surface area contributed by atoms with E-state index in [1.54, 1.807) is 13.0 Å². The number of nitro groups is 1. The molecule has 0 aliphatic heterocycles. The van der Waals surface area contributed by atoms with E-state index in [1.165, 1.54) is 24.3 Å². The Morgan fingerprint density at radius 3 is 2.62 bits per heavy atom. The number of hydrogen-bond donors (Lipinski definition) is 2. The minimum atomic E-state index is -0.641. The third-order valence-corrected chi connectivity index (χ3v) is 2.95. The minimum absolute atomic E-state index is 0.0689. The monoisotopic (exact) mass is 289 g/mol. The number of para-hydroxylation sites is 1. The molecule has 108 valence electrons. The predicted octanol–water partition coefficient (Wildman–Crippen LogP) is 2.88. The quantitative estimate of drug-likeness (QED) is 0.515. The standard InChI is InChI=1S/C14H12FN3O3/c1-8-3-2-4-10(15)13(8)17-14(19)9-5-6-12(18(20)21)11(16)7-9/h2-7H,16H2,1H3,(H,17,19). The average molecular weight is 289 g/mol. The molecule has 0 radical (unpaired) electrons. The molecule has 1 amide bonds. The number of carbonyl (C=O) groups excluding carboxylic acids is 1. The van der Waals surface area contributed by atoms with Crippen LogP contribution in [0.3, 0.4) is 0 Å². The Morgan fingerprint density at radius 2 is 2.05 bits per heavy atom. The maximum Gasteiger partial charge on any atom is 0.292 e. The van der Waals surface area contributed by atoms with Gasteiger partial charge in [-0.25, -0.2) is 4.39 Å². The predicted molar refractivity (Wildman–Crippen MR) is 76.6 cm³/mol. The number of rotatable bonds is 3. The van der Waals surface area contributed by atoms with Crippen molar-refractivity contribution in [2.75, 3.05) is 11.1 Å². The van der Waals surface area contributed by atoms with Gasteiger partial charge in [0.15, 0.2) is 0 Å². The number of aryl methyl sites for hydroxylation is 1. The summed E-state index contributed by atoms with van der Waals surface area (Å²) in [5.74, 6) is -1.15. The summed E-state index contributed by atoms with van der Waals surface area (Å²) in [6.45, 7) is 1.66.